The highest BCUT2D eigenvalue weighted by Crippen LogP contribution is 2.27. The van der Waals surface area contributed by atoms with Crippen molar-refractivity contribution in [1.29, 1.82) is 0 Å². The van der Waals surface area contributed by atoms with Crippen LogP contribution < -0.4 is 25.1 Å². The number of piperidine rings is 1. The number of rotatable bonds is 11. The molecule has 200 valence electrons. The second kappa shape index (κ2) is 13.2. The van der Waals surface area contributed by atoms with Crippen LogP contribution in [0.4, 0.5) is 27.9 Å². The summed E-state index contributed by atoms with van der Waals surface area (Å²) >= 11 is 0. The summed E-state index contributed by atoms with van der Waals surface area (Å²) in [5.74, 6) is 1.16. The number of esters is 1. The Labute approximate surface area is 220 Å². The number of ether oxygens (including phenoxy) is 3. The molecule has 0 bridgehead atoms. The van der Waals surface area contributed by atoms with Crippen LogP contribution in [0.2, 0.25) is 0 Å². The zero-order chi connectivity index (χ0) is 26.7. The van der Waals surface area contributed by atoms with Crippen molar-refractivity contribution >= 4 is 35.7 Å². The van der Waals surface area contributed by atoms with Crippen LogP contribution in [0.1, 0.15) is 31.7 Å². The molecule has 11 nitrogen and oxygen atoms in total. The normalized spacial score (nSPS) is 13.3. The van der Waals surface area contributed by atoms with E-state index in [0.29, 0.717) is 34.6 Å². The third-order valence-electron chi connectivity index (χ3n) is 5.58. The van der Waals surface area contributed by atoms with E-state index < -0.39 is 5.97 Å². The fourth-order valence-corrected chi connectivity index (χ4v) is 3.76. The molecule has 2 heterocycles. The number of nitrogens with zero attached hydrogens (tertiary/aromatic N) is 5. The van der Waals surface area contributed by atoms with Gasteiger partial charge in [0.05, 0.1) is 19.9 Å². The second-order valence-corrected chi connectivity index (χ2v) is 8.34. The maximum atomic E-state index is 13.3. The van der Waals surface area contributed by atoms with Crippen LogP contribution in [0.3, 0.4) is 0 Å². The highest BCUT2D eigenvalue weighted by atomic mass is 19.1. The van der Waals surface area contributed by atoms with Crippen molar-refractivity contribution in [1.82, 2.24) is 15.0 Å². The summed E-state index contributed by atoms with van der Waals surface area (Å²) in [5.41, 5.74) is 4.22. The van der Waals surface area contributed by atoms with E-state index in [1.165, 1.54) is 25.7 Å². The SMILES string of the molecule is CCOC(=O)COc1ccc(C=NNc2nc(Nc3ccc(F)cc3)nc(N3CCCCC3)n2)cc1OC. The smallest absolute Gasteiger partial charge is 0.344 e. The molecule has 1 aliphatic heterocycles. The Bertz CT molecular complexity index is 1250. The molecule has 12 heteroatoms. The Morgan fingerprint density at radius 1 is 1.05 bits per heavy atom. The van der Waals surface area contributed by atoms with Crippen LogP contribution in [0.25, 0.3) is 0 Å². The van der Waals surface area contributed by atoms with Crippen molar-refractivity contribution in [3.8, 4) is 11.5 Å². The lowest BCUT2D eigenvalue weighted by Crippen LogP contribution is -2.31. The zero-order valence-corrected chi connectivity index (χ0v) is 21.3. The Kier molecular flexibility index (Phi) is 9.22. The number of methoxy groups -OCH3 is 1. The molecular weight excluding hydrogens is 493 g/mol. The molecule has 0 unspecified atom stereocenters. The highest BCUT2D eigenvalue weighted by molar-refractivity contribution is 5.81. The predicted octanol–water partition coefficient (Wildman–Crippen LogP) is 4.14. The Morgan fingerprint density at radius 3 is 2.55 bits per heavy atom. The average Bonchev–Trinajstić information content (AvgIpc) is 2.94. The number of hydrogen-bond donors (Lipinski definition) is 2. The predicted molar refractivity (Wildman–Crippen MR) is 142 cm³/mol. The maximum Gasteiger partial charge on any atom is 0.344 e. The number of aromatic nitrogens is 3. The molecule has 0 atom stereocenters. The van der Waals surface area contributed by atoms with Gasteiger partial charge in [-0.3, -0.25) is 0 Å². The van der Waals surface area contributed by atoms with Crippen molar-refractivity contribution in [2.75, 3.05) is 49.1 Å². The third-order valence-corrected chi connectivity index (χ3v) is 5.58. The quantitative estimate of drug-likeness (QED) is 0.215. The molecule has 0 spiro atoms. The third kappa shape index (κ3) is 7.51. The number of halogens is 1. The Hall–Kier alpha value is -4.48. The van der Waals surface area contributed by atoms with Gasteiger partial charge in [0.25, 0.3) is 0 Å². The van der Waals surface area contributed by atoms with Crippen molar-refractivity contribution < 1.29 is 23.4 Å². The van der Waals surface area contributed by atoms with E-state index in [9.17, 15) is 9.18 Å². The number of hydrazone groups is 1. The van der Waals surface area contributed by atoms with Gasteiger partial charge in [-0.05, 0) is 74.2 Å². The van der Waals surface area contributed by atoms with Gasteiger partial charge in [0.2, 0.25) is 17.8 Å². The van der Waals surface area contributed by atoms with Crippen LogP contribution in [0, 0.1) is 5.82 Å². The van der Waals surface area contributed by atoms with E-state index in [2.05, 4.69) is 35.7 Å². The van der Waals surface area contributed by atoms with Crippen molar-refractivity contribution in [2.24, 2.45) is 5.10 Å². The number of nitrogens with one attached hydrogen (secondary N) is 2. The topological polar surface area (TPSA) is 123 Å². The summed E-state index contributed by atoms with van der Waals surface area (Å²) in [6.07, 6.45) is 4.88. The first-order valence-electron chi connectivity index (χ1n) is 12.3. The summed E-state index contributed by atoms with van der Waals surface area (Å²) in [5, 5.41) is 7.36. The largest absolute Gasteiger partial charge is 0.493 e. The molecule has 1 fully saturated rings. The first-order chi connectivity index (χ1) is 18.5. The minimum atomic E-state index is -0.459. The average molecular weight is 524 g/mol. The van der Waals surface area contributed by atoms with Gasteiger partial charge in [-0.15, -0.1) is 0 Å². The lowest BCUT2D eigenvalue weighted by Gasteiger charge is -2.26. The molecular formula is C26H30FN7O4. The van der Waals surface area contributed by atoms with Gasteiger partial charge in [0, 0.05) is 18.8 Å². The lowest BCUT2D eigenvalue weighted by atomic mass is 10.1. The molecule has 0 radical (unpaired) electrons. The summed E-state index contributed by atoms with van der Waals surface area (Å²) in [6, 6.07) is 11.1. The molecule has 1 aliphatic rings. The molecule has 1 aromatic heterocycles. The fourth-order valence-electron chi connectivity index (χ4n) is 3.76. The van der Waals surface area contributed by atoms with E-state index in [4.69, 9.17) is 14.2 Å². The molecule has 38 heavy (non-hydrogen) atoms. The number of hydrogen-bond acceptors (Lipinski definition) is 11. The van der Waals surface area contributed by atoms with E-state index in [0.717, 1.165) is 25.9 Å². The van der Waals surface area contributed by atoms with Gasteiger partial charge in [0.1, 0.15) is 5.82 Å². The van der Waals surface area contributed by atoms with Crippen LogP contribution in [0.5, 0.6) is 11.5 Å². The van der Waals surface area contributed by atoms with Crippen molar-refractivity contribution in [2.45, 2.75) is 26.2 Å². The summed E-state index contributed by atoms with van der Waals surface area (Å²) in [7, 11) is 1.51. The highest BCUT2D eigenvalue weighted by Gasteiger charge is 2.16. The molecule has 0 amide bonds. The number of carbonyl (C=O) groups is 1. The summed E-state index contributed by atoms with van der Waals surface area (Å²) in [4.78, 5) is 27.2. The summed E-state index contributed by atoms with van der Waals surface area (Å²) < 4.78 is 29.1. The van der Waals surface area contributed by atoms with Gasteiger partial charge < -0.3 is 24.4 Å². The molecule has 1 saturated heterocycles. The Morgan fingerprint density at radius 2 is 1.82 bits per heavy atom. The molecule has 2 aromatic carbocycles. The van der Waals surface area contributed by atoms with Crippen molar-refractivity contribution in [3.05, 3.63) is 53.8 Å². The minimum Gasteiger partial charge on any atom is -0.493 e. The van der Waals surface area contributed by atoms with Gasteiger partial charge >= 0.3 is 5.97 Å². The van der Waals surface area contributed by atoms with Gasteiger partial charge in [-0.25, -0.2) is 14.6 Å². The lowest BCUT2D eigenvalue weighted by molar-refractivity contribution is -0.145. The van der Waals surface area contributed by atoms with Gasteiger partial charge in [-0.2, -0.15) is 20.1 Å². The first-order valence-corrected chi connectivity index (χ1v) is 12.3. The van der Waals surface area contributed by atoms with Gasteiger partial charge in [0.15, 0.2) is 18.1 Å². The van der Waals surface area contributed by atoms with E-state index in [1.807, 2.05) is 0 Å². The number of carbonyl (C=O) groups excluding carboxylic acids is 1. The molecule has 0 saturated carbocycles. The fraction of sp³-hybridized carbons (Fsp3) is 0.346. The standard InChI is InChI=1S/C26H30FN7O4/c1-3-37-23(35)17-38-21-12-7-18(15-22(21)36-2)16-28-33-25-30-24(29-20-10-8-19(27)9-11-20)31-26(32-25)34-13-5-4-6-14-34/h7-12,15-16H,3-6,13-14,17H2,1-2H3,(H2,29,30,31,32,33). The van der Waals surface area contributed by atoms with Crippen LogP contribution >= 0.6 is 0 Å². The molecule has 4 rings (SSSR count). The Balaban J connectivity index is 1.48. The molecule has 3 aromatic rings. The monoisotopic (exact) mass is 523 g/mol. The number of benzene rings is 2. The minimum absolute atomic E-state index is 0.216. The van der Waals surface area contributed by atoms with Crippen molar-refractivity contribution in [3.63, 3.8) is 0 Å². The van der Waals surface area contributed by atoms with E-state index in [1.54, 1.807) is 43.5 Å². The first kappa shape index (κ1) is 26.6. The molecule has 0 aliphatic carbocycles. The van der Waals surface area contributed by atoms with E-state index in [-0.39, 0.29) is 25.0 Å². The van der Waals surface area contributed by atoms with Crippen LogP contribution in [-0.4, -0.2) is 60.5 Å². The summed E-state index contributed by atoms with van der Waals surface area (Å²) in [6.45, 7) is 3.51. The zero-order valence-electron chi connectivity index (χ0n) is 21.3. The maximum absolute atomic E-state index is 13.3. The second-order valence-electron chi connectivity index (χ2n) is 8.34. The van der Waals surface area contributed by atoms with E-state index >= 15 is 0 Å². The molecule has 2 N–H and O–H groups in total. The van der Waals surface area contributed by atoms with Gasteiger partial charge in [-0.1, -0.05) is 0 Å². The number of anilines is 4. The van der Waals surface area contributed by atoms with Crippen LogP contribution in [0.15, 0.2) is 47.6 Å². The van der Waals surface area contributed by atoms with Crippen LogP contribution in [-0.2, 0) is 9.53 Å².